The highest BCUT2D eigenvalue weighted by atomic mass is 16.5. The van der Waals surface area contributed by atoms with Crippen LogP contribution in [-0.4, -0.2) is 40.9 Å². The van der Waals surface area contributed by atoms with Crippen molar-refractivity contribution >= 4 is 42.2 Å². The number of rotatable bonds is 20. The van der Waals surface area contributed by atoms with Crippen molar-refractivity contribution in [2.75, 3.05) is 11.5 Å². The first-order valence-electron chi connectivity index (χ1n) is 15.9. The van der Waals surface area contributed by atoms with Crippen LogP contribution in [0.25, 0.3) is 0 Å². The first kappa shape index (κ1) is 33.7. The predicted molar refractivity (Wildman–Crippen MR) is 177 cm³/mol. The van der Waals surface area contributed by atoms with Gasteiger partial charge in [-0.2, -0.15) is 0 Å². The van der Waals surface area contributed by atoms with E-state index in [4.69, 9.17) is 4.74 Å². The van der Waals surface area contributed by atoms with E-state index in [1.807, 2.05) is 53.4 Å². The zero-order chi connectivity index (χ0) is 30.2. The normalized spacial score (nSPS) is 11.8. The average Bonchev–Trinajstić information content (AvgIpc) is 3.00. The van der Waals surface area contributed by atoms with Crippen molar-refractivity contribution in [3.05, 3.63) is 72.8 Å². The van der Waals surface area contributed by atoms with Crippen molar-refractivity contribution in [2.24, 2.45) is 5.92 Å². The monoisotopic (exact) mass is 573 g/mol. The third-order valence-corrected chi connectivity index (χ3v) is 7.91. The van der Waals surface area contributed by atoms with Gasteiger partial charge in [-0.15, -0.1) is 0 Å². The van der Waals surface area contributed by atoms with E-state index in [1.165, 1.54) is 77.0 Å². The third kappa shape index (κ3) is 11.1. The van der Waals surface area contributed by atoms with Gasteiger partial charge in [-0.05, 0) is 78.2 Å². The lowest BCUT2D eigenvalue weighted by molar-refractivity contribution is 0.224. The van der Waals surface area contributed by atoms with Crippen LogP contribution in [0, 0.1) is 5.92 Å². The van der Waals surface area contributed by atoms with Gasteiger partial charge in [-0.25, -0.2) is 0 Å². The molecule has 3 aromatic carbocycles. The fraction of sp³-hybridized carbons (Fsp3) is 0.471. The SMILES string of the molecule is CCCCCCCCC(CCCCCC)COc1ccc(N(c2ccc(B(O)O)cc2)c2ccc(B(O)O)cc2)cc1. The van der Waals surface area contributed by atoms with Gasteiger partial charge in [0.15, 0.2) is 0 Å². The topological polar surface area (TPSA) is 93.4 Å². The van der Waals surface area contributed by atoms with E-state index in [1.54, 1.807) is 24.3 Å². The molecule has 0 heterocycles. The second kappa shape index (κ2) is 18.7. The van der Waals surface area contributed by atoms with Crippen LogP contribution < -0.4 is 20.6 Å². The van der Waals surface area contributed by atoms with Crippen molar-refractivity contribution < 1.29 is 24.8 Å². The lowest BCUT2D eigenvalue weighted by Crippen LogP contribution is -2.30. The van der Waals surface area contributed by atoms with E-state index in [9.17, 15) is 20.1 Å². The smallest absolute Gasteiger partial charge is 0.488 e. The summed E-state index contributed by atoms with van der Waals surface area (Å²) in [5, 5.41) is 38.1. The quantitative estimate of drug-likeness (QED) is 0.0946. The largest absolute Gasteiger partial charge is 0.493 e. The maximum absolute atomic E-state index is 9.53. The lowest BCUT2D eigenvalue weighted by atomic mass is 9.80. The minimum absolute atomic E-state index is 0.409. The molecule has 0 amide bonds. The molecule has 3 rings (SSSR count). The Morgan fingerprint density at radius 1 is 0.548 bits per heavy atom. The Kier molecular flexibility index (Phi) is 15.0. The summed E-state index contributed by atoms with van der Waals surface area (Å²) in [6.07, 6.45) is 15.5. The molecule has 4 N–H and O–H groups in total. The summed E-state index contributed by atoms with van der Waals surface area (Å²) in [6.45, 7) is 5.25. The van der Waals surface area contributed by atoms with Gasteiger partial charge in [0, 0.05) is 17.1 Å². The summed E-state index contributed by atoms with van der Waals surface area (Å²) in [4.78, 5) is 2.03. The number of hydrogen-bond donors (Lipinski definition) is 4. The molecule has 3 aromatic rings. The molecule has 6 nitrogen and oxygen atoms in total. The van der Waals surface area contributed by atoms with E-state index in [-0.39, 0.29) is 0 Å². The van der Waals surface area contributed by atoms with Crippen molar-refractivity contribution in [2.45, 2.75) is 90.9 Å². The molecule has 0 aliphatic heterocycles. The molecule has 0 radical (unpaired) electrons. The highest BCUT2D eigenvalue weighted by Gasteiger charge is 2.17. The molecule has 0 fully saturated rings. The molecule has 0 saturated carbocycles. The van der Waals surface area contributed by atoms with Crippen molar-refractivity contribution in [1.29, 1.82) is 0 Å². The summed E-state index contributed by atoms with van der Waals surface area (Å²) < 4.78 is 6.32. The summed E-state index contributed by atoms with van der Waals surface area (Å²) in [6, 6.07) is 22.1. The van der Waals surface area contributed by atoms with Crippen LogP contribution in [0.4, 0.5) is 17.1 Å². The minimum atomic E-state index is -1.54. The molecule has 0 spiro atoms. The first-order valence-corrected chi connectivity index (χ1v) is 15.9. The van der Waals surface area contributed by atoms with Gasteiger partial charge in [0.05, 0.1) is 6.61 Å². The van der Waals surface area contributed by atoms with Gasteiger partial charge in [-0.1, -0.05) is 102 Å². The fourth-order valence-electron chi connectivity index (χ4n) is 5.33. The van der Waals surface area contributed by atoms with Gasteiger partial charge in [0.25, 0.3) is 0 Å². The van der Waals surface area contributed by atoms with Gasteiger partial charge in [0.2, 0.25) is 0 Å². The second-order valence-electron chi connectivity index (χ2n) is 11.3. The molecule has 226 valence electrons. The molecular formula is C34H49B2NO5. The molecular weight excluding hydrogens is 524 g/mol. The summed E-state index contributed by atoms with van der Waals surface area (Å²) >= 11 is 0. The maximum atomic E-state index is 9.53. The van der Waals surface area contributed by atoms with Crippen LogP contribution in [0.3, 0.4) is 0 Å². The third-order valence-electron chi connectivity index (χ3n) is 7.91. The van der Waals surface area contributed by atoms with E-state index < -0.39 is 14.2 Å². The molecule has 1 atom stereocenters. The minimum Gasteiger partial charge on any atom is -0.493 e. The first-order chi connectivity index (χ1) is 20.4. The summed E-state index contributed by atoms with van der Waals surface area (Å²) in [7, 11) is -3.07. The Labute approximate surface area is 253 Å². The second-order valence-corrected chi connectivity index (χ2v) is 11.3. The highest BCUT2D eigenvalue weighted by molar-refractivity contribution is 6.59. The van der Waals surface area contributed by atoms with E-state index in [0.717, 1.165) is 29.4 Å². The predicted octanol–water partition coefficient (Wildman–Crippen LogP) is 6.23. The number of unbranched alkanes of at least 4 members (excludes halogenated alkanes) is 8. The van der Waals surface area contributed by atoms with Crippen molar-refractivity contribution in [1.82, 2.24) is 0 Å². The van der Waals surface area contributed by atoms with E-state index in [2.05, 4.69) is 13.8 Å². The number of anilines is 3. The molecule has 0 aliphatic rings. The zero-order valence-electron chi connectivity index (χ0n) is 25.5. The molecule has 42 heavy (non-hydrogen) atoms. The molecule has 0 saturated heterocycles. The van der Waals surface area contributed by atoms with E-state index >= 15 is 0 Å². The zero-order valence-corrected chi connectivity index (χ0v) is 25.5. The molecule has 8 heteroatoms. The Bertz CT molecular complexity index is 1070. The molecule has 1 unspecified atom stereocenters. The lowest BCUT2D eigenvalue weighted by Gasteiger charge is -2.26. The molecule has 0 aliphatic carbocycles. The maximum Gasteiger partial charge on any atom is 0.488 e. The molecule has 0 aromatic heterocycles. The highest BCUT2D eigenvalue weighted by Crippen LogP contribution is 2.35. The van der Waals surface area contributed by atoms with Crippen LogP contribution in [0.1, 0.15) is 90.9 Å². The Balaban J connectivity index is 1.71. The van der Waals surface area contributed by atoms with Crippen LogP contribution in [0.5, 0.6) is 5.75 Å². The van der Waals surface area contributed by atoms with Crippen LogP contribution in [0.2, 0.25) is 0 Å². The van der Waals surface area contributed by atoms with Crippen LogP contribution in [-0.2, 0) is 0 Å². The van der Waals surface area contributed by atoms with Crippen molar-refractivity contribution in [3.8, 4) is 5.75 Å². The number of benzene rings is 3. The van der Waals surface area contributed by atoms with Gasteiger partial charge >= 0.3 is 14.2 Å². The van der Waals surface area contributed by atoms with Crippen molar-refractivity contribution in [3.63, 3.8) is 0 Å². The van der Waals surface area contributed by atoms with Crippen LogP contribution >= 0.6 is 0 Å². The fourth-order valence-corrected chi connectivity index (χ4v) is 5.33. The molecule has 0 bridgehead atoms. The number of ether oxygens (including phenoxy) is 1. The Morgan fingerprint density at radius 3 is 1.36 bits per heavy atom. The van der Waals surface area contributed by atoms with Gasteiger partial charge in [0.1, 0.15) is 5.75 Å². The standard InChI is InChI=1S/C34H49B2NO5/c1-3-5-7-9-10-12-14-28(13-11-8-6-4-2)27-42-34-25-23-33(24-26-34)37(31-19-15-29(16-20-31)35(38)39)32-21-17-30(18-22-32)36(40)41/h15-26,28,38-41H,3-14,27H2,1-2H3. The van der Waals surface area contributed by atoms with Gasteiger partial charge < -0.3 is 29.7 Å². The van der Waals surface area contributed by atoms with E-state index in [0.29, 0.717) is 16.8 Å². The number of nitrogens with zero attached hydrogens (tertiary/aromatic N) is 1. The summed E-state index contributed by atoms with van der Waals surface area (Å²) in [5.41, 5.74) is 3.38. The Hall–Kier alpha value is -2.77. The van der Waals surface area contributed by atoms with Crippen LogP contribution in [0.15, 0.2) is 72.8 Å². The average molecular weight is 573 g/mol. The summed E-state index contributed by atoms with van der Waals surface area (Å²) in [5.74, 6) is 1.42. The Morgan fingerprint density at radius 2 is 0.929 bits per heavy atom. The van der Waals surface area contributed by atoms with Gasteiger partial charge in [-0.3, -0.25) is 0 Å². The number of hydrogen-bond acceptors (Lipinski definition) is 6.